The third-order valence-corrected chi connectivity index (χ3v) is 3.11. The predicted molar refractivity (Wildman–Crippen MR) is 82.7 cm³/mol. The maximum atomic E-state index is 12.7. The number of aliphatic hydroxyl groups excluding tert-OH is 1. The average Bonchev–Trinajstić information content (AvgIpc) is 2.55. The van der Waals surface area contributed by atoms with Crippen molar-refractivity contribution in [2.75, 3.05) is 13.2 Å². The van der Waals surface area contributed by atoms with E-state index in [9.17, 15) is 18.3 Å². The van der Waals surface area contributed by atoms with E-state index in [1.165, 1.54) is 36.4 Å². The topological polar surface area (TPSA) is 50.7 Å². The van der Waals surface area contributed by atoms with Crippen LogP contribution in [0.1, 0.15) is 5.56 Å². The van der Waals surface area contributed by atoms with Gasteiger partial charge in [0.1, 0.15) is 30.0 Å². The molecule has 2 aromatic rings. The van der Waals surface area contributed by atoms with Crippen molar-refractivity contribution in [1.29, 1.82) is 0 Å². The van der Waals surface area contributed by atoms with Gasteiger partial charge in [-0.15, -0.1) is 0 Å². The number of halogens is 3. The van der Waals surface area contributed by atoms with Gasteiger partial charge in [-0.3, -0.25) is 0 Å². The van der Waals surface area contributed by atoms with Crippen LogP contribution in [-0.2, 0) is 6.54 Å². The van der Waals surface area contributed by atoms with Crippen molar-refractivity contribution < 1.29 is 27.8 Å². The van der Waals surface area contributed by atoms with Gasteiger partial charge in [-0.05, 0) is 42.0 Å². The quantitative estimate of drug-likeness (QED) is 0.736. The standard InChI is InChI=1S/C17H18F3NO3/c18-13-3-7-15(8-4-13)23-11-14(22)10-21-9-12-1-5-16(6-2-12)24-17(19)20/h1-8,14,17,21-22H,9-11H2. The number of hydrogen-bond acceptors (Lipinski definition) is 4. The van der Waals surface area contributed by atoms with Crippen LogP contribution in [0.5, 0.6) is 11.5 Å². The van der Waals surface area contributed by atoms with Crippen LogP contribution in [-0.4, -0.2) is 31.0 Å². The van der Waals surface area contributed by atoms with E-state index in [0.717, 1.165) is 5.56 Å². The molecule has 1 unspecified atom stereocenters. The number of nitrogens with one attached hydrogen (secondary N) is 1. The van der Waals surface area contributed by atoms with Gasteiger partial charge in [-0.2, -0.15) is 8.78 Å². The molecule has 0 spiro atoms. The van der Waals surface area contributed by atoms with Gasteiger partial charge in [0.2, 0.25) is 0 Å². The highest BCUT2D eigenvalue weighted by Gasteiger charge is 2.06. The van der Waals surface area contributed by atoms with Gasteiger partial charge in [0.25, 0.3) is 0 Å². The van der Waals surface area contributed by atoms with Gasteiger partial charge < -0.3 is 19.9 Å². The largest absolute Gasteiger partial charge is 0.491 e. The van der Waals surface area contributed by atoms with E-state index < -0.39 is 12.7 Å². The van der Waals surface area contributed by atoms with E-state index in [4.69, 9.17) is 4.74 Å². The minimum absolute atomic E-state index is 0.0692. The Bertz CT molecular complexity index is 605. The molecule has 0 aliphatic heterocycles. The summed E-state index contributed by atoms with van der Waals surface area (Å²) in [6.07, 6.45) is -0.739. The minimum atomic E-state index is -2.84. The first-order valence-corrected chi connectivity index (χ1v) is 7.34. The Morgan fingerprint density at radius 1 is 0.958 bits per heavy atom. The summed E-state index contributed by atoms with van der Waals surface area (Å²) in [6.45, 7) is -2.02. The summed E-state index contributed by atoms with van der Waals surface area (Å²) in [4.78, 5) is 0. The number of alkyl halides is 2. The summed E-state index contributed by atoms with van der Waals surface area (Å²) in [5.74, 6) is 0.223. The molecule has 24 heavy (non-hydrogen) atoms. The summed E-state index contributed by atoms with van der Waals surface area (Å²) in [6, 6.07) is 11.8. The highest BCUT2D eigenvalue weighted by Crippen LogP contribution is 2.15. The number of aliphatic hydroxyl groups is 1. The number of hydrogen-bond donors (Lipinski definition) is 2. The summed E-state index contributed by atoms with van der Waals surface area (Å²) < 4.78 is 46.4. The predicted octanol–water partition coefficient (Wildman–Crippen LogP) is 2.96. The van der Waals surface area contributed by atoms with Crippen molar-refractivity contribution in [3.05, 3.63) is 59.9 Å². The average molecular weight is 341 g/mol. The van der Waals surface area contributed by atoms with E-state index in [1.54, 1.807) is 12.1 Å². The smallest absolute Gasteiger partial charge is 0.387 e. The van der Waals surface area contributed by atoms with E-state index in [1.807, 2.05) is 0 Å². The zero-order valence-corrected chi connectivity index (χ0v) is 12.8. The second-order valence-electron chi connectivity index (χ2n) is 5.07. The lowest BCUT2D eigenvalue weighted by Crippen LogP contribution is -2.31. The molecular formula is C17H18F3NO3. The molecule has 0 radical (unpaired) electrons. The lowest BCUT2D eigenvalue weighted by molar-refractivity contribution is -0.0498. The molecule has 0 aromatic heterocycles. The van der Waals surface area contributed by atoms with Crippen LogP contribution in [0.15, 0.2) is 48.5 Å². The van der Waals surface area contributed by atoms with Gasteiger partial charge >= 0.3 is 6.61 Å². The molecule has 0 saturated carbocycles. The first-order chi connectivity index (χ1) is 11.5. The fourth-order valence-corrected chi connectivity index (χ4v) is 1.95. The molecule has 0 aliphatic rings. The number of benzene rings is 2. The second-order valence-corrected chi connectivity index (χ2v) is 5.07. The molecule has 7 heteroatoms. The van der Waals surface area contributed by atoms with Crippen LogP contribution < -0.4 is 14.8 Å². The molecule has 1 atom stereocenters. The Balaban J connectivity index is 1.66. The molecule has 2 N–H and O–H groups in total. The Morgan fingerprint density at radius 2 is 1.58 bits per heavy atom. The molecule has 2 rings (SSSR count). The fraction of sp³-hybridized carbons (Fsp3) is 0.294. The van der Waals surface area contributed by atoms with Crippen molar-refractivity contribution in [2.24, 2.45) is 0 Å². The first kappa shape index (κ1) is 18.1. The van der Waals surface area contributed by atoms with Crippen LogP contribution in [0.3, 0.4) is 0 Å². The van der Waals surface area contributed by atoms with Crippen molar-refractivity contribution in [3.8, 4) is 11.5 Å². The third-order valence-electron chi connectivity index (χ3n) is 3.11. The first-order valence-electron chi connectivity index (χ1n) is 7.34. The maximum Gasteiger partial charge on any atom is 0.387 e. The van der Waals surface area contributed by atoms with Gasteiger partial charge in [0, 0.05) is 13.1 Å². The lowest BCUT2D eigenvalue weighted by atomic mass is 10.2. The normalized spacial score (nSPS) is 12.2. The Hall–Kier alpha value is -2.25. The van der Waals surface area contributed by atoms with Crippen LogP contribution >= 0.6 is 0 Å². The molecule has 4 nitrogen and oxygen atoms in total. The monoisotopic (exact) mass is 341 g/mol. The molecule has 0 heterocycles. The minimum Gasteiger partial charge on any atom is -0.491 e. The van der Waals surface area contributed by atoms with Crippen LogP contribution in [0.2, 0.25) is 0 Å². The number of rotatable bonds is 9. The van der Waals surface area contributed by atoms with Crippen molar-refractivity contribution in [3.63, 3.8) is 0 Å². The van der Waals surface area contributed by atoms with Crippen molar-refractivity contribution in [2.45, 2.75) is 19.3 Å². The second kappa shape index (κ2) is 9.14. The molecule has 0 fully saturated rings. The maximum absolute atomic E-state index is 12.7. The molecule has 0 bridgehead atoms. The Morgan fingerprint density at radius 3 is 2.21 bits per heavy atom. The van der Waals surface area contributed by atoms with E-state index in [-0.39, 0.29) is 24.7 Å². The molecular weight excluding hydrogens is 323 g/mol. The van der Waals surface area contributed by atoms with Gasteiger partial charge in [0.05, 0.1) is 0 Å². The molecule has 130 valence electrons. The summed E-state index contributed by atoms with van der Waals surface area (Å²) in [5, 5.41) is 12.8. The van der Waals surface area contributed by atoms with Crippen LogP contribution in [0.4, 0.5) is 13.2 Å². The van der Waals surface area contributed by atoms with Crippen molar-refractivity contribution >= 4 is 0 Å². The summed E-state index contributed by atoms with van der Waals surface area (Å²) in [7, 11) is 0. The van der Waals surface area contributed by atoms with Crippen LogP contribution in [0, 0.1) is 5.82 Å². The zero-order chi connectivity index (χ0) is 17.4. The molecule has 0 saturated heterocycles. The lowest BCUT2D eigenvalue weighted by Gasteiger charge is -2.13. The van der Waals surface area contributed by atoms with Gasteiger partial charge in [0.15, 0.2) is 0 Å². The van der Waals surface area contributed by atoms with E-state index in [2.05, 4.69) is 10.1 Å². The fourth-order valence-electron chi connectivity index (χ4n) is 1.95. The molecule has 2 aromatic carbocycles. The highest BCUT2D eigenvalue weighted by atomic mass is 19.3. The van der Waals surface area contributed by atoms with E-state index in [0.29, 0.717) is 12.3 Å². The molecule has 0 amide bonds. The molecule has 0 aliphatic carbocycles. The SMILES string of the molecule is OC(CNCc1ccc(OC(F)F)cc1)COc1ccc(F)cc1. The summed E-state index contributed by atoms with van der Waals surface area (Å²) >= 11 is 0. The highest BCUT2D eigenvalue weighted by molar-refractivity contribution is 5.27. The Labute approximate surface area is 137 Å². The number of ether oxygens (including phenoxy) is 2. The Kier molecular flexibility index (Phi) is 6.89. The van der Waals surface area contributed by atoms with Crippen LogP contribution in [0.25, 0.3) is 0 Å². The van der Waals surface area contributed by atoms with Gasteiger partial charge in [-0.1, -0.05) is 12.1 Å². The summed E-state index contributed by atoms with van der Waals surface area (Å²) in [5.41, 5.74) is 0.864. The van der Waals surface area contributed by atoms with Gasteiger partial charge in [-0.25, -0.2) is 4.39 Å². The van der Waals surface area contributed by atoms with Crippen molar-refractivity contribution in [1.82, 2.24) is 5.32 Å². The van der Waals surface area contributed by atoms with E-state index >= 15 is 0 Å². The zero-order valence-electron chi connectivity index (χ0n) is 12.8. The third kappa shape index (κ3) is 6.47.